The first-order chi connectivity index (χ1) is 48.6. The molecule has 0 fully saturated rings. The number of pyridine rings is 4. The van der Waals surface area contributed by atoms with Crippen molar-refractivity contribution < 1.29 is 0 Å². The van der Waals surface area contributed by atoms with Crippen LogP contribution >= 0.6 is 0 Å². The van der Waals surface area contributed by atoms with Gasteiger partial charge in [0.05, 0.1) is 57.4 Å². The van der Waals surface area contributed by atoms with E-state index >= 15 is 0 Å². The number of allylic oxidation sites excluding steroid dienone is 2. The van der Waals surface area contributed by atoms with Gasteiger partial charge in [0, 0.05) is 128 Å². The molecular weight excluding hydrogens is 1280 g/mol. The molecule has 0 unspecified atom stereocenters. The number of imidazole rings is 2. The van der Waals surface area contributed by atoms with Crippen LogP contribution in [0.1, 0.15) is 256 Å². The molecule has 14 heteroatoms. The van der Waals surface area contributed by atoms with Gasteiger partial charge in [0.15, 0.2) is 11.3 Å². The van der Waals surface area contributed by atoms with Gasteiger partial charge in [-0.25, -0.2) is 19.0 Å². The van der Waals surface area contributed by atoms with E-state index < -0.39 is 0 Å². The van der Waals surface area contributed by atoms with Gasteiger partial charge in [0.25, 0.3) is 0 Å². The lowest BCUT2D eigenvalue weighted by molar-refractivity contribution is 0.554. The minimum Gasteiger partial charge on any atom is -0.261 e. The lowest BCUT2D eigenvalue weighted by Crippen LogP contribution is -2.14. The van der Waals surface area contributed by atoms with Gasteiger partial charge < -0.3 is 0 Å². The normalized spacial score (nSPS) is 14.1. The molecule has 0 radical (unpaired) electrons. The molecule has 544 valence electrons. The highest BCUT2D eigenvalue weighted by Gasteiger charge is 2.24. The summed E-state index contributed by atoms with van der Waals surface area (Å²) in [4.78, 5) is 43.6. The number of hydrogen-bond acceptors (Lipinski definition) is 12. The SMILES string of the molecule is CC(C)(C)c1ccc2c(c1)CC=N2.CC(C)(C)c1ccc2c(c1)N=CC2.CC(C)(C)c1ccc2c(n1)CC=C2.CC(C)(C)c1ccc2c(n1)CC=N2.CC(C)(C)c1ccc2nccn2n1.CC(C)(C)c1cnc2c(c1)C=CC2.CC(C)(C)c1cnc2c(c1)N=CC2.CC(C)(C)c1cnn2ccnc2c1. The number of rotatable bonds is 0. The average molecular weight is 1390 g/mol. The molecule has 14 nitrogen and oxygen atoms in total. The Morgan fingerprint density at radius 1 is 0.298 bits per heavy atom. The molecule has 0 bridgehead atoms. The first-order valence-corrected chi connectivity index (χ1v) is 36.9. The second-order valence-electron chi connectivity index (χ2n) is 35.7. The summed E-state index contributed by atoms with van der Waals surface area (Å²) < 4.78 is 3.58. The molecule has 10 aromatic rings. The zero-order valence-corrected chi connectivity index (χ0v) is 66.8. The highest BCUT2D eigenvalue weighted by molar-refractivity contribution is 5.78. The summed E-state index contributed by atoms with van der Waals surface area (Å²) in [5, 5.41) is 8.72. The van der Waals surface area contributed by atoms with Gasteiger partial charge >= 0.3 is 0 Å². The molecular formula is C90H114N14. The van der Waals surface area contributed by atoms with Crippen molar-refractivity contribution in [2.75, 3.05) is 0 Å². The number of aromatic nitrogens is 10. The van der Waals surface area contributed by atoms with Crippen LogP contribution in [0.4, 0.5) is 22.7 Å². The van der Waals surface area contributed by atoms with Crippen molar-refractivity contribution in [3.05, 3.63) is 236 Å². The van der Waals surface area contributed by atoms with Crippen LogP contribution in [0.15, 0.2) is 166 Å². The summed E-state index contributed by atoms with van der Waals surface area (Å²) >= 11 is 0. The predicted molar refractivity (Wildman–Crippen MR) is 438 cm³/mol. The van der Waals surface area contributed by atoms with Gasteiger partial charge in [-0.2, -0.15) is 10.2 Å². The van der Waals surface area contributed by atoms with Crippen LogP contribution in [0.5, 0.6) is 0 Å². The third-order valence-electron chi connectivity index (χ3n) is 18.6. The van der Waals surface area contributed by atoms with Crippen LogP contribution in [0.2, 0.25) is 0 Å². The Morgan fingerprint density at radius 3 is 1.39 bits per heavy atom. The molecule has 8 aromatic heterocycles. The standard InChI is InChI=1S/4C12H15N.2C11H14N2.2C10H13N3/c1-12(2,3)10-4-5-11-9(8-10)6-7-13-11;1-12(2,3)10-5-4-9-6-7-13-11(9)8-10;1-12(2,3)10-7-9-5-4-6-11(9)13-8-10;1-12(2,3)11-8-7-9-5-4-6-10(9)13-11;1-11(2,3)8-6-10-9(13-7-8)4-5-12-10;1-11(2,3)10-5-4-8-9(13-10)6-7-12-8;1-10(2,3)8-6-9-11-4-5-13(9)12-7-8;1-10(2,3)8-4-5-9-11-6-7-13(9)12-8/h4*4-5,7-8H,6H2,1-3H3;5-7H,4H2,1-3H3;4-5,7H,6H2,1-3H3;2*4-7H,1-3H3. The zero-order valence-electron chi connectivity index (χ0n) is 66.8. The van der Waals surface area contributed by atoms with Crippen molar-refractivity contribution in [1.29, 1.82) is 0 Å². The molecule has 0 saturated heterocycles. The smallest absolute Gasteiger partial charge is 0.153 e. The number of benzene rings is 2. The van der Waals surface area contributed by atoms with Crippen molar-refractivity contribution in [2.45, 2.75) is 248 Å². The van der Waals surface area contributed by atoms with Crippen LogP contribution in [-0.2, 0) is 81.8 Å². The fourth-order valence-electron chi connectivity index (χ4n) is 11.5. The number of nitrogens with zero attached hydrogens (tertiary/aromatic N) is 14. The van der Waals surface area contributed by atoms with Crippen molar-refractivity contribution in [3.63, 3.8) is 0 Å². The Kier molecular flexibility index (Phi) is 24.0. The maximum atomic E-state index is 4.66. The lowest BCUT2D eigenvalue weighted by Gasteiger charge is -2.19. The van der Waals surface area contributed by atoms with Gasteiger partial charge in [-0.05, 0) is 138 Å². The number of hydrogen-bond donors (Lipinski definition) is 0. The Morgan fingerprint density at radius 2 is 0.760 bits per heavy atom. The molecule has 0 spiro atoms. The van der Waals surface area contributed by atoms with Crippen LogP contribution in [0, 0.1) is 0 Å². The van der Waals surface area contributed by atoms with Crippen molar-refractivity contribution in [3.8, 4) is 0 Å². The second-order valence-corrected chi connectivity index (χ2v) is 35.7. The first kappa shape index (κ1) is 78.6. The summed E-state index contributed by atoms with van der Waals surface area (Å²) in [5.74, 6) is 0. The van der Waals surface area contributed by atoms with Crippen LogP contribution in [0.25, 0.3) is 23.4 Å². The predicted octanol–water partition coefficient (Wildman–Crippen LogP) is 21.7. The van der Waals surface area contributed by atoms with Crippen molar-refractivity contribution >= 4 is 71.1 Å². The van der Waals surface area contributed by atoms with E-state index in [1.54, 1.807) is 21.4 Å². The van der Waals surface area contributed by atoms with E-state index in [2.05, 4.69) is 329 Å². The fourth-order valence-corrected chi connectivity index (χ4v) is 11.5. The largest absolute Gasteiger partial charge is 0.261 e. The van der Waals surface area contributed by atoms with Crippen molar-refractivity contribution in [1.82, 2.24) is 49.1 Å². The third-order valence-corrected chi connectivity index (χ3v) is 18.6. The molecule has 0 N–H and O–H groups in total. The highest BCUT2D eigenvalue weighted by Crippen LogP contribution is 2.35. The topological polar surface area (TPSA) is 161 Å². The third kappa shape index (κ3) is 21.3. The van der Waals surface area contributed by atoms with Crippen LogP contribution in [-0.4, -0.2) is 74.0 Å². The van der Waals surface area contributed by atoms with E-state index in [9.17, 15) is 0 Å². The van der Waals surface area contributed by atoms with E-state index in [0.29, 0.717) is 0 Å². The lowest BCUT2D eigenvalue weighted by atomic mass is 9.86. The second kappa shape index (κ2) is 31.8. The van der Waals surface area contributed by atoms with Gasteiger partial charge in [0.2, 0.25) is 0 Å². The summed E-state index contributed by atoms with van der Waals surface area (Å²) in [6, 6.07) is 32.1. The van der Waals surface area contributed by atoms with Crippen LogP contribution in [0.3, 0.4) is 0 Å². The Hall–Kier alpha value is -9.56. The van der Waals surface area contributed by atoms with E-state index in [-0.39, 0.29) is 43.3 Å². The highest BCUT2D eigenvalue weighted by atomic mass is 15.2. The molecule has 0 saturated carbocycles. The summed E-state index contributed by atoms with van der Waals surface area (Å²) in [6.07, 6.45) is 35.3. The minimum atomic E-state index is 0.0957. The van der Waals surface area contributed by atoms with E-state index in [0.717, 1.165) is 95.3 Å². The van der Waals surface area contributed by atoms with Gasteiger partial charge in [-0.1, -0.05) is 221 Å². The molecule has 6 aliphatic rings. The zero-order chi connectivity index (χ0) is 75.8. The number of aliphatic imine (C=N–C) groups is 4. The Labute approximate surface area is 621 Å². The molecule has 2 aromatic carbocycles. The molecule has 16 rings (SSSR count). The molecule has 104 heavy (non-hydrogen) atoms. The Balaban J connectivity index is 0.000000138. The maximum Gasteiger partial charge on any atom is 0.153 e. The Bertz CT molecular complexity index is 4380. The number of fused-ring (bicyclic) bond motifs is 8. The maximum absolute atomic E-state index is 4.66. The molecule has 0 atom stereocenters. The average Bonchev–Trinajstić information content (AvgIpc) is 1.73. The van der Waals surface area contributed by atoms with Gasteiger partial charge in [-0.15, -0.1) is 0 Å². The van der Waals surface area contributed by atoms with Gasteiger partial charge in [0.1, 0.15) is 0 Å². The van der Waals surface area contributed by atoms with Crippen LogP contribution < -0.4 is 0 Å². The quantitative estimate of drug-likeness (QED) is 0.145. The van der Waals surface area contributed by atoms with E-state index in [1.807, 2.05) is 68.0 Å². The summed E-state index contributed by atoms with van der Waals surface area (Å²) in [5.41, 5.74) is 27.5. The first-order valence-electron chi connectivity index (χ1n) is 36.9. The summed E-state index contributed by atoms with van der Waals surface area (Å²) in [7, 11) is 0. The molecule has 4 aliphatic heterocycles. The fraction of sp³-hybridized carbons (Fsp3) is 0.422. The van der Waals surface area contributed by atoms with E-state index in [1.165, 1.54) is 67.2 Å². The molecule has 12 heterocycles. The molecule has 0 amide bonds. The monoisotopic (exact) mass is 1390 g/mol. The minimum absolute atomic E-state index is 0.0957. The van der Waals surface area contributed by atoms with Crippen molar-refractivity contribution in [2.24, 2.45) is 20.0 Å². The van der Waals surface area contributed by atoms with Gasteiger partial charge in [-0.3, -0.25) is 39.9 Å². The summed E-state index contributed by atoms with van der Waals surface area (Å²) in [6.45, 7) is 52.7. The van der Waals surface area contributed by atoms with E-state index in [4.69, 9.17) is 0 Å². The molecule has 2 aliphatic carbocycles.